The third-order valence-corrected chi connectivity index (χ3v) is 4.18. The average Bonchev–Trinajstić information content (AvgIpc) is 2.88. The number of hydrogen-bond donors (Lipinski definition) is 1. The number of aromatic amines is 1. The molecule has 1 aliphatic heterocycles. The molecule has 0 spiro atoms. The number of rotatable bonds is 2. The van der Waals surface area contributed by atoms with Gasteiger partial charge in [-0.2, -0.15) is 0 Å². The molecule has 1 aromatic carbocycles. The number of aromatic nitrogens is 1. The van der Waals surface area contributed by atoms with Crippen molar-refractivity contribution in [2.24, 2.45) is 11.8 Å². The molecule has 2 heterocycles. The molecule has 0 saturated carbocycles. The third-order valence-electron chi connectivity index (χ3n) is 4.18. The van der Waals surface area contributed by atoms with Gasteiger partial charge < -0.3 is 9.88 Å². The minimum atomic E-state index is -0.409. The highest BCUT2D eigenvalue weighted by Gasteiger charge is 2.30. The van der Waals surface area contributed by atoms with Gasteiger partial charge in [0, 0.05) is 30.2 Å². The number of ketones is 1. The van der Waals surface area contributed by atoms with Gasteiger partial charge in [0.2, 0.25) is 0 Å². The van der Waals surface area contributed by atoms with Crippen LogP contribution in [0, 0.1) is 11.8 Å². The zero-order valence-electron chi connectivity index (χ0n) is 12.4. The Bertz CT molecular complexity index is 679. The fourth-order valence-corrected chi connectivity index (χ4v) is 3.35. The molecule has 1 N–H and O–H groups in total. The molecular formula is C17H20N2O2. The summed E-state index contributed by atoms with van der Waals surface area (Å²) in [5, 5.41) is 0.814. The zero-order valence-corrected chi connectivity index (χ0v) is 12.4. The maximum atomic E-state index is 12.5. The van der Waals surface area contributed by atoms with Crippen molar-refractivity contribution < 1.29 is 9.59 Å². The molecule has 0 aliphatic carbocycles. The van der Waals surface area contributed by atoms with Crippen LogP contribution in [0.1, 0.15) is 30.6 Å². The molecule has 0 bridgehead atoms. The van der Waals surface area contributed by atoms with E-state index in [1.807, 2.05) is 24.3 Å². The molecule has 1 aliphatic rings. The van der Waals surface area contributed by atoms with Gasteiger partial charge in [0.1, 0.15) is 0 Å². The molecule has 1 saturated heterocycles. The Labute approximate surface area is 124 Å². The molecular weight excluding hydrogens is 264 g/mol. The largest absolute Gasteiger partial charge is 0.360 e. The maximum Gasteiger partial charge on any atom is 0.295 e. The molecule has 110 valence electrons. The number of para-hydroxylation sites is 1. The fourth-order valence-electron chi connectivity index (χ4n) is 3.35. The lowest BCUT2D eigenvalue weighted by Gasteiger charge is -2.34. The first-order chi connectivity index (χ1) is 10.1. The molecule has 3 rings (SSSR count). The molecule has 0 radical (unpaired) electrons. The second-order valence-electron chi connectivity index (χ2n) is 6.23. The highest BCUT2D eigenvalue weighted by molar-refractivity contribution is 6.44. The molecule has 1 aromatic heterocycles. The lowest BCUT2D eigenvalue weighted by molar-refractivity contribution is -0.129. The van der Waals surface area contributed by atoms with E-state index in [1.165, 1.54) is 0 Å². The van der Waals surface area contributed by atoms with Gasteiger partial charge in [0.15, 0.2) is 0 Å². The van der Waals surface area contributed by atoms with Gasteiger partial charge in [-0.1, -0.05) is 32.0 Å². The van der Waals surface area contributed by atoms with Crippen LogP contribution in [0.15, 0.2) is 30.5 Å². The lowest BCUT2D eigenvalue weighted by Crippen LogP contribution is -2.45. The van der Waals surface area contributed by atoms with E-state index in [9.17, 15) is 9.59 Å². The van der Waals surface area contributed by atoms with Gasteiger partial charge in [0.25, 0.3) is 11.7 Å². The molecule has 21 heavy (non-hydrogen) atoms. The van der Waals surface area contributed by atoms with Crippen molar-refractivity contribution in [2.75, 3.05) is 13.1 Å². The van der Waals surface area contributed by atoms with E-state index in [-0.39, 0.29) is 5.91 Å². The SMILES string of the molecule is C[C@H]1C[C@H](C)CN(C(=O)C(=O)c2c[nH]c3ccccc23)C1. The van der Waals surface area contributed by atoms with Gasteiger partial charge in [-0.05, 0) is 24.3 Å². The van der Waals surface area contributed by atoms with E-state index in [0.29, 0.717) is 30.5 Å². The van der Waals surface area contributed by atoms with E-state index in [0.717, 1.165) is 17.3 Å². The highest BCUT2D eigenvalue weighted by atomic mass is 16.2. The number of piperidine rings is 1. The number of Topliss-reactive ketones (excluding diaryl/α,β-unsaturated/α-hetero) is 1. The van der Waals surface area contributed by atoms with Crippen molar-refractivity contribution >= 4 is 22.6 Å². The Morgan fingerprint density at radius 3 is 2.52 bits per heavy atom. The molecule has 1 fully saturated rings. The predicted molar refractivity (Wildman–Crippen MR) is 82.2 cm³/mol. The monoisotopic (exact) mass is 284 g/mol. The summed E-state index contributed by atoms with van der Waals surface area (Å²) in [5.41, 5.74) is 1.36. The van der Waals surface area contributed by atoms with Crippen LogP contribution in [0.2, 0.25) is 0 Å². The Hall–Kier alpha value is -2.10. The van der Waals surface area contributed by atoms with Gasteiger partial charge >= 0.3 is 0 Å². The number of nitrogens with zero attached hydrogens (tertiary/aromatic N) is 1. The van der Waals surface area contributed by atoms with Crippen molar-refractivity contribution in [1.29, 1.82) is 0 Å². The van der Waals surface area contributed by atoms with Crippen LogP contribution in [-0.4, -0.2) is 34.7 Å². The number of carbonyl (C=O) groups excluding carboxylic acids is 2. The molecule has 4 heteroatoms. The van der Waals surface area contributed by atoms with Crippen molar-refractivity contribution in [1.82, 2.24) is 9.88 Å². The van der Waals surface area contributed by atoms with E-state index < -0.39 is 5.78 Å². The molecule has 0 unspecified atom stereocenters. The van der Waals surface area contributed by atoms with E-state index in [1.54, 1.807) is 11.1 Å². The van der Waals surface area contributed by atoms with E-state index in [4.69, 9.17) is 0 Å². The zero-order chi connectivity index (χ0) is 15.0. The van der Waals surface area contributed by atoms with Crippen molar-refractivity contribution in [3.05, 3.63) is 36.0 Å². The average molecular weight is 284 g/mol. The summed E-state index contributed by atoms with van der Waals surface area (Å²) in [6, 6.07) is 7.56. The van der Waals surface area contributed by atoms with Crippen molar-refractivity contribution in [3.8, 4) is 0 Å². The van der Waals surface area contributed by atoms with Crippen LogP contribution < -0.4 is 0 Å². The first-order valence-corrected chi connectivity index (χ1v) is 7.46. The van der Waals surface area contributed by atoms with Crippen LogP contribution in [0.4, 0.5) is 0 Å². The van der Waals surface area contributed by atoms with Gasteiger partial charge in [-0.25, -0.2) is 0 Å². The second kappa shape index (κ2) is 5.35. The summed E-state index contributed by atoms with van der Waals surface area (Å²) in [4.78, 5) is 29.8. The predicted octanol–water partition coefficient (Wildman–Crippen LogP) is 2.86. The first-order valence-electron chi connectivity index (χ1n) is 7.46. The van der Waals surface area contributed by atoms with Crippen molar-refractivity contribution in [2.45, 2.75) is 20.3 Å². The molecule has 1 amide bonds. The minimum absolute atomic E-state index is 0.377. The van der Waals surface area contributed by atoms with Gasteiger partial charge in [-0.15, -0.1) is 0 Å². The maximum absolute atomic E-state index is 12.5. The number of fused-ring (bicyclic) bond motifs is 1. The topological polar surface area (TPSA) is 53.2 Å². The number of H-pyrrole nitrogens is 1. The van der Waals surface area contributed by atoms with Crippen LogP contribution in [0.25, 0.3) is 10.9 Å². The lowest BCUT2D eigenvalue weighted by atomic mass is 9.91. The smallest absolute Gasteiger partial charge is 0.295 e. The quantitative estimate of drug-likeness (QED) is 0.681. The normalized spacial score (nSPS) is 22.5. The summed E-state index contributed by atoms with van der Waals surface area (Å²) in [5.74, 6) is 0.119. The summed E-state index contributed by atoms with van der Waals surface area (Å²) in [6.45, 7) is 5.62. The highest BCUT2D eigenvalue weighted by Crippen LogP contribution is 2.23. The number of hydrogen-bond acceptors (Lipinski definition) is 2. The van der Waals surface area contributed by atoms with Gasteiger partial charge in [-0.3, -0.25) is 9.59 Å². The van der Waals surface area contributed by atoms with E-state index >= 15 is 0 Å². The summed E-state index contributed by atoms with van der Waals surface area (Å²) < 4.78 is 0. The number of likely N-dealkylation sites (tertiary alicyclic amines) is 1. The van der Waals surface area contributed by atoms with Crippen LogP contribution >= 0.6 is 0 Å². The molecule has 4 nitrogen and oxygen atoms in total. The molecule has 2 aromatic rings. The second-order valence-corrected chi connectivity index (χ2v) is 6.23. The summed E-state index contributed by atoms with van der Waals surface area (Å²) in [6.07, 6.45) is 2.76. The number of amides is 1. The number of benzene rings is 1. The van der Waals surface area contributed by atoms with E-state index in [2.05, 4.69) is 18.8 Å². The first kappa shape index (κ1) is 13.9. The Kier molecular flexibility index (Phi) is 3.53. The Balaban J connectivity index is 1.86. The third kappa shape index (κ3) is 2.58. The fraction of sp³-hybridized carbons (Fsp3) is 0.412. The number of nitrogens with one attached hydrogen (secondary N) is 1. The summed E-state index contributed by atoms with van der Waals surface area (Å²) in [7, 11) is 0. The number of carbonyl (C=O) groups is 2. The molecule has 2 atom stereocenters. The van der Waals surface area contributed by atoms with Crippen LogP contribution in [0.5, 0.6) is 0 Å². The Morgan fingerprint density at radius 1 is 1.14 bits per heavy atom. The van der Waals surface area contributed by atoms with Crippen LogP contribution in [-0.2, 0) is 4.79 Å². The van der Waals surface area contributed by atoms with Gasteiger partial charge in [0.05, 0.1) is 5.56 Å². The van der Waals surface area contributed by atoms with Crippen LogP contribution in [0.3, 0.4) is 0 Å². The standard InChI is InChI=1S/C17H20N2O2/c1-11-7-12(2)10-19(9-11)17(21)16(20)14-8-18-15-6-4-3-5-13(14)15/h3-6,8,11-12,18H,7,9-10H2,1-2H3/t11-,12-/m0/s1. The minimum Gasteiger partial charge on any atom is -0.360 e. The van der Waals surface area contributed by atoms with Crippen molar-refractivity contribution in [3.63, 3.8) is 0 Å². The summed E-state index contributed by atoms with van der Waals surface area (Å²) >= 11 is 0. The Morgan fingerprint density at radius 2 is 1.81 bits per heavy atom.